The Bertz CT molecular complexity index is 631. The van der Waals surface area contributed by atoms with E-state index in [4.69, 9.17) is 9.72 Å². The van der Waals surface area contributed by atoms with Crippen LogP contribution in [-0.4, -0.2) is 45.0 Å². The van der Waals surface area contributed by atoms with Crippen LogP contribution in [0.5, 0.6) is 0 Å². The van der Waals surface area contributed by atoms with Crippen molar-refractivity contribution in [2.75, 3.05) is 24.6 Å². The molecule has 1 fully saturated rings. The molecule has 0 aromatic carbocycles. The summed E-state index contributed by atoms with van der Waals surface area (Å²) in [7, 11) is 1.92. The van der Waals surface area contributed by atoms with Gasteiger partial charge in [-0.2, -0.15) is 5.10 Å². The third kappa shape index (κ3) is 2.97. The van der Waals surface area contributed by atoms with Crippen molar-refractivity contribution >= 4 is 5.95 Å². The highest BCUT2D eigenvalue weighted by atomic mass is 16.5. The van der Waals surface area contributed by atoms with Gasteiger partial charge in [0.1, 0.15) is 0 Å². The minimum Gasteiger partial charge on any atom is -0.375 e. The number of hydrogen-bond donors (Lipinski definition) is 0. The first-order valence-electron chi connectivity index (χ1n) is 7.82. The molecule has 0 aliphatic carbocycles. The largest absolute Gasteiger partial charge is 0.375 e. The molecule has 0 N–H and O–H groups in total. The number of anilines is 1. The van der Waals surface area contributed by atoms with Crippen LogP contribution in [0.15, 0.2) is 24.5 Å². The van der Waals surface area contributed by atoms with E-state index in [1.54, 1.807) is 6.20 Å². The maximum Gasteiger partial charge on any atom is 0.225 e. The number of rotatable bonds is 4. The van der Waals surface area contributed by atoms with E-state index in [2.05, 4.69) is 28.8 Å². The molecule has 1 aliphatic rings. The molecule has 1 saturated heterocycles. The van der Waals surface area contributed by atoms with Crippen LogP contribution in [0.4, 0.5) is 5.95 Å². The van der Waals surface area contributed by atoms with Gasteiger partial charge in [-0.25, -0.2) is 9.97 Å². The topological polar surface area (TPSA) is 56.1 Å². The molecule has 0 atom stereocenters. The van der Waals surface area contributed by atoms with Gasteiger partial charge in [-0.3, -0.25) is 4.68 Å². The maximum atomic E-state index is 5.87. The Morgan fingerprint density at radius 2 is 2.00 bits per heavy atom. The van der Waals surface area contributed by atoms with E-state index in [1.165, 1.54) is 0 Å². The number of hydrogen-bond acceptors (Lipinski definition) is 5. The normalized spacial score (nSPS) is 17.7. The van der Waals surface area contributed by atoms with Crippen molar-refractivity contribution in [3.8, 4) is 11.4 Å². The Labute approximate surface area is 131 Å². The van der Waals surface area contributed by atoms with E-state index in [-0.39, 0.29) is 5.60 Å². The Hall–Kier alpha value is -1.95. The third-order valence-corrected chi connectivity index (χ3v) is 4.32. The summed E-state index contributed by atoms with van der Waals surface area (Å²) < 4.78 is 7.70. The molecule has 0 radical (unpaired) electrons. The average molecular weight is 301 g/mol. The summed E-state index contributed by atoms with van der Waals surface area (Å²) in [5, 5.41) is 4.20. The molecule has 0 unspecified atom stereocenters. The van der Waals surface area contributed by atoms with Gasteiger partial charge < -0.3 is 9.64 Å². The van der Waals surface area contributed by atoms with Crippen LogP contribution in [-0.2, 0) is 11.8 Å². The summed E-state index contributed by atoms with van der Waals surface area (Å²) >= 11 is 0. The Kier molecular flexibility index (Phi) is 4.11. The lowest BCUT2D eigenvalue weighted by atomic mass is 9.93. The smallest absolute Gasteiger partial charge is 0.225 e. The van der Waals surface area contributed by atoms with Crippen LogP contribution in [0, 0.1) is 0 Å². The molecular weight excluding hydrogens is 278 g/mol. The lowest BCUT2D eigenvalue weighted by Crippen LogP contribution is -2.44. The maximum absolute atomic E-state index is 5.87. The number of ether oxygens (including phenoxy) is 1. The third-order valence-electron chi connectivity index (χ3n) is 4.32. The van der Waals surface area contributed by atoms with Crippen molar-refractivity contribution in [2.45, 2.75) is 32.3 Å². The van der Waals surface area contributed by atoms with Gasteiger partial charge in [-0.15, -0.1) is 0 Å². The molecule has 0 saturated carbocycles. The molecule has 0 amide bonds. The molecule has 3 heterocycles. The average Bonchev–Trinajstić information content (AvgIpc) is 2.94. The fourth-order valence-electron chi connectivity index (χ4n) is 2.94. The van der Waals surface area contributed by atoms with Crippen LogP contribution in [0.1, 0.15) is 26.7 Å². The fraction of sp³-hybridized carbons (Fsp3) is 0.562. The Balaban J connectivity index is 1.76. The van der Waals surface area contributed by atoms with Crippen LogP contribution in [0.2, 0.25) is 0 Å². The van der Waals surface area contributed by atoms with Gasteiger partial charge in [-0.1, -0.05) is 0 Å². The predicted molar refractivity (Wildman–Crippen MR) is 85.7 cm³/mol. The van der Waals surface area contributed by atoms with Crippen molar-refractivity contribution in [2.24, 2.45) is 7.05 Å². The second-order valence-electron chi connectivity index (χ2n) is 5.95. The van der Waals surface area contributed by atoms with E-state index in [0.717, 1.165) is 49.9 Å². The zero-order valence-corrected chi connectivity index (χ0v) is 13.5. The first-order valence-corrected chi connectivity index (χ1v) is 7.82. The second-order valence-corrected chi connectivity index (χ2v) is 5.95. The van der Waals surface area contributed by atoms with E-state index in [1.807, 2.05) is 30.1 Å². The molecule has 2 aromatic rings. The van der Waals surface area contributed by atoms with Gasteiger partial charge in [0, 0.05) is 39.1 Å². The SMILES string of the molecule is CCOC1(C)CCN(c2nccc(-c3ccnn3C)n2)CC1. The molecule has 0 spiro atoms. The zero-order valence-electron chi connectivity index (χ0n) is 13.5. The fourth-order valence-corrected chi connectivity index (χ4v) is 2.94. The minimum atomic E-state index is -0.00903. The summed E-state index contributed by atoms with van der Waals surface area (Å²) in [5.74, 6) is 0.789. The van der Waals surface area contributed by atoms with E-state index in [9.17, 15) is 0 Å². The molecule has 1 aliphatic heterocycles. The monoisotopic (exact) mass is 301 g/mol. The van der Waals surface area contributed by atoms with Crippen molar-refractivity contribution in [1.82, 2.24) is 19.7 Å². The number of aryl methyl sites for hydroxylation is 1. The number of aromatic nitrogens is 4. The summed E-state index contributed by atoms with van der Waals surface area (Å²) in [4.78, 5) is 11.4. The van der Waals surface area contributed by atoms with Crippen molar-refractivity contribution in [3.05, 3.63) is 24.5 Å². The van der Waals surface area contributed by atoms with Crippen molar-refractivity contribution < 1.29 is 4.74 Å². The highest BCUT2D eigenvalue weighted by molar-refractivity contribution is 5.55. The minimum absolute atomic E-state index is 0.00903. The molecule has 6 heteroatoms. The number of piperidine rings is 1. The highest BCUT2D eigenvalue weighted by Gasteiger charge is 2.31. The molecule has 3 rings (SSSR count). The first kappa shape index (κ1) is 15.0. The predicted octanol–water partition coefficient (Wildman–Crippen LogP) is 2.27. The van der Waals surface area contributed by atoms with Crippen LogP contribution >= 0.6 is 0 Å². The summed E-state index contributed by atoms with van der Waals surface area (Å²) in [6.45, 7) is 6.86. The quantitative estimate of drug-likeness (QED) is 0.867. The van der Waals surface area contributed by atoms with Crippen molar-refractivity contribution in [3.63, 3.8) is 0 Å². The second kappa shape index (κ2) is 6.04. The van der Waals surface area contributed by atoms with Gasteiger partial charge in [0.25, 0.3) is 0 Å². The van der Waals surface area contributed by atoms with Crippen LogP contribution in [0.25, 0.3) is 11.4 Å². The zero-order chi connectivity index (χ0) is 15.6. The molecule has 22 heavy (non-hydrogen) atoms. The highest BCUT2D eigenvalue weighted by Crippen LogP contribution is 2.28. The van der Waals surface area contributed by atoms with Crippen LogP contribution in [0.3, 0.4) is 0 Å². The molecule has 0 bridgehead atoms. The molecule has 2 aromatic heterocycles. The summed E-state index contributed by atoms with van der Waals surface area (Å²) in [6.07, 6.45) is 5.60. The van der Waals surface area contributed by atoms with Gasteiger partial charge in [-0.05, 0) is 38.8 Å². The first-order chi connectivity index (χ1) is 10.6. The Morgan fingerprint density at radius 3 is 2.64 bits per heavy atom. The van der Waals surface area contributed by atoms with E-state index in [0.29, 0.717) is 0 Å². The molecule has 118 valence electrons. The van der Waals surface area contributed by atoms with Crippen LogP contribution < -0.4 is 4.90 Å². The van der Waals surface area contributed by atoms with Gasteiger partial charge in [0.15, 0.2) is 0 Å². The lowest BCUT2D eigenvalue weighted by molar-refractivity contribution is -0.0415. The van der Waals surface area contributed by atoms with Crippen molar-refractivity contribution in [1.29, 1.82) is 0 Å². The van der Waals surface area contributed by atoms with Gasteiger partial charge in [0.2, 0.25) is 5.95 Å². The standard InChI is InChI=1S/C16H23N5O/c1-4-22-16(2)7-11-21(12-8-16)15-17-9-5-13(19-15)14-6-10-18-20(14)3/h5-6,9-10H,4,7-8,11-12H2,1-3H3. The lowest BCUT2D eigenvalue weighted by Gasteiger charge is -2.39. The van der Waals surface area contributed by atoms with E-state index >= 15 is 0 Å². The summed E-state index contributed by atoms with van der Waals surface area (Å²) in [5.41, 5.74) is 1.90. The van der Waals surface area contributed by atoms with E-state index < -0.39 is 0 Å². The molecular formula is C16H23N5O. The van der Waals surface area contributed by atoms with Gasteiger partial charge in [0.05, 0.1) is 17.0 Å². The van der Waals surface area contributed by atoms with Gasteiger partial charge >= 0.3 is 0 Å². The summed E-state index contributed by atoms with van der Waals surface area (Å²) in [6, 6.07) is 3.89. The number of nitrogens with zero attached hydrogens (tertiary/aromatic N) is 5. The Morgan fingerprint density at radius 1 is 1.23 bits per heavy atom. The molecule has 6 nitrogen and oxygen atoms in total.